The smallest absolute Gasteiger partial charge is 0.744 e. The monoisotopic (exact) mass is 888 g/mol. The molecule has 0 saturated heterocycles. The van der Waals surface area contributed by atoms with Gasteiger partial charge < -0.3 is 9.11 Å². The van der Waals surface area contributed by atoms with Gasteiger partial charge in [-0.1, -0.05) is 165 Å². The molecule has 53 heavy (non-hydrogen) atoms. The molecule has 6 nitrogen and oxygen atoms in total. The molecule has 4 aromatic rings. The second-order valence-corrected chi connectivity index (χ2v) is 16.9. The van der Waals surface area contributed by atoms with Gasteiger partial charge in [-0.25, -0.2) is 16.8 Å². The van der Waals surface area contributed by atoms with Gasteiger partial charge in [-0.05, 0) is 95.2 Å². The Kier molecular flexibility index (Phi) is 22.7. The SMILES string of the molecule is CCCCCCc1cc(CCCCCC)c2ccccc2c1S(=O)(=O)[O-].CCCCCCc1cc(CCCCCC)c2ccccc2c1S(=O)(=O)[O-].[Ba+2]. The zero-order chi connectivity index (χ0) is 38.0. The predicted octanol–water partition coefficient (Wildman–Crippen LogP) is 11.6. The zero-order valence-electron chi connectivity index (χ0n) is 32.9. The van der Waals surface area contributed by atoms with Crippen LogP contribution < -0.4 is 0 Å². The summed E-state index contributed by atoms with van der Waals surface area (Å²) in [6, 6.07) is 18.9. The van der Waals surface area contributed by atoms with Crippen LogP contribution in [0.25, 0.3) is 21.5 Å². The summed E-state index contributed by atoms with van der Waals surface area (Å²) in [5.41, 5.74) is 3.77. The Balaban J connectivity index is 0.000000360. The number of benzene rings is 4. The molecule has 0 atom stereocenters. The maximum Gasteiger partial charge on any atom is 2.00 e. The van der Waals surface area contributed by atoms with E-state index in [2.05, 4.69) is 27.7 Å². The van der Waals surface area contributed by atoms with Crippen LogP contribution in [0.15, 0.2) is 70.5 Å². The summed E-state index contributed by atoms with van der Waals surface area (Å²) in [5.74, 6) is 0. The van der Waals surface area contributed by atoms with Crippen molar-refractivity contribution in [2.75, 3.05) is 0 Å². The van der Waals surface area contributed by atoms with E-state index in [1.807, 2.05) is 48.5 Å². The summed E-state index contributed by atoms with van der Waals surface area (Å²) < 4.78 is 72.1. The van der Waals surface area contributed by atoms with E-state index in [0.717, 1.165) is 87.8 Å². The minimum atomic E-state index is -4.50. The minimum absolute atomic E-state index is 0. The fourth-order valence-corrected chi connectivity index (χ4v) is 9.18. The van der Waals surface area contributed by atoms with Gasteiger partial charge in [0.1, 0.15) is 20.2 Å². The normalized spacial score (nSPS) is 11.7. The molecule has 0 bridgehead atoms. The van der Waals surface area contributed by atoms with Gasteiger partial charge in [-0.15, -0.1) is 0 Å². The average molecular weight is 888 g/mol. The van der Waals surface area contributed by atoms with Crippen LogP contribution in [0, 0.1) is 0 Å². The maximum absolute atomic E-state index is 12.0. The average Bonchev–Trinajstić information content (AvgIpc) is 3.11. The van der Waals surface area contributed by atoms with Crippen LogP contribution in [0.1, 0.15) is 153 Å². The molecule has 0 aliphatic rings. The van der Waals surface area contributed by atoms with E-state index in [1.54, 1.807) is 12.1 Å². The Morgan fingerprint density at radius 2 is 0.660 bits per heavy atom. The molecule has 0 aromatic heterocycles. The van der Waals surface area contributed by atoms with Crippen molar-refractivity contribution < 1.29 is 25.9 Å². The summed E-state index contributed by atoms with van der Waals surface area (Å²) in [7, 11) is -9.00. The second kappa shape index (κ2) is 25.1. The summed E-state index contributed by atoms with van der Waals surface area (Å²) in [4.78, 5) is 0.00353. The van der Waals surface area contributed by atoms with Crippen LogP contribution >= 0.6 is 0 Å². The molecule has 288 valence electrons. The van der Waals surface area contributed by atoms with Gasteiger partial charge in [-0.3, -0.25) is 0 Å². The Hall–Kier alpha value is -1.21. The molecule has 0 spiro atoms. The first kappa shape index (κ1) is 47.9. The molecule has 0 aliphatic heterocycles. The molecule has 9 heteroatoms. The maximum atomic E-state index is 12.0. The van der Waals surface area contributed by atoms with E-state index < -0.39 is 20.2 Å². The Labute approximate surface area is 361 Å². The number of rotatable bonds is 22. The molecular weight excluding hydrogens is 826 g/mol. The van der Waals surface area contributed by atoms with Crippen molar-refractivity contribution in [1.29, 1.82) is 0 Å². The van der Waals surface area contributed by atoms with E-state index >= 15 is 0 Å². The summed E-state index contributed by atoms with van der Waals surface area (Å²) in [5, 5.41) is 3.02. The molecule has 0 fully saturated rings. The molecular formula is C44H62BaO6S2. The number of fused-ring (bicyclic) bond motifs is 2. The molecule has 0 aliphatic carbocycles. The Morgan fingerprint density at radius 1 is 0.396 bits per heavy atom. The number of hydrogen-bond donors (Lipinski definition) is 0. The van der Waals surface area contributed by atoms with Crippen LogP contribution in [0.2, 0.25) is 0 Å². The van der Waals surface area contributed by atoms with Gasteiger partial charge in [0.15, 0.2) is 0 Å². The quantitative estimate of drug-likeness (QED) is 0.0441. The number of hydrogen-bond acceptors (Lipinski definition) is 6. The number of aryl methyl sites for hydroxylation is 4. The van der Waals surface area contributed by atoms with Crippen LogP contribution in [0.5, 0.6) is 0 Å². The summed E-state index contributed by atoms with van der Waals surface area (Å²) >= 11 is 0. The van der Waals surface area contributed by atoms with E-state index in [-0.39, 0.29) is 58.7 Å². The van der Waals surface area contributed by atoms with Crippen molar-refractivity contribution in [2.24, 2.45) is 0 Å². The van der Waals surface area contributed by atoms with Crippen molar-refractivity contribution in [3.63, 3.8) is 0 Å². The molecule has 0 unspecified atom stereocenters. The van der Waals surface area contributed by atoms with Crippen LogP contribution in [0.3, 0.4) is 0 Å². The molecule has 0 N–H and O–H groups in total. The molecule has 0 amide bonds. The minimum Gasteiger partial charge on any atom is -0.744 e. The Morgan fingerprint density at radius 3 is 0.925 bits per heavy atom. The predicted molar refractivity (Wildman–Crippen MR) is 221 cm³/mol. The fourth-order valence-electron chi connectivity index (χ4n) is 7.32. The van der Waals surface area contributed by atoms with Crippen LogP contribution in [-0.2, 0) is 45.9 Å². The second-order valence-electron chi connectivity index (χ2n) is 14.3. The van der Waals surface area contributed by atoms with E-state index in [0.29, 0.717) is 34.7 Å². The summed E-state index contributed by atoms with van der Waals surface area (Å²) in [6.45, 7) is 8.69. The first-order chi connectivity index (χ1) is 25.0. The van der Waals surface area contributed by atoms with E-state index in [9.17, 15) is 25.9 Å². The van der Waals surface area contributed by atoms with Gasteiger partial charge >= 0.3 is 48.9 Å². The van der Waals surface area contributed by atoms with Crippen molar-refractivity contribution >= 4 is 90.7 Å². The Bertz CT molecular complexity index is 1770. The molecule has 0 radical (unpaired) electrons. The zero-order valence-corrected chi connectivity index (χ0v) is 39.0. The molecule has 4 rings (SSSR count). The van der Waals surface area contributed by atoms with Crippen molar-refractivity contribution in [2.45, 2.75) is 166 Å². The first-order valence-electron chi connectivity index (χ1n) is 20.0. The first-order valence-corrected chi connectivity index (χ1v) is 22.8. The third kappa shape index (κ3) is 15.3. The fraction of sp³-hybridized carbons (Fsp3) is 0.545. The third-order valence-corrected chi connectivity index (χ3v) is 12.0. The van der Waals surface area contributed by atoms with Crippen molar-refractivity contribution in [3.05, 3.63) is 82.9 Å². The van der Waals surface area contributed by atoms with E-state index in [4.69, 9.17) is 0 Å². The van der Waals surface area contributed by atoms with Crippen LogP contribution in [-0.4, -0.2) is 74.8 Å². The van der Waals surface area contributed by atoms with Gasteiger partial charge in [0, 0.05) is 0 Å². The van der Waals surface area contributed by atoms with Crippen LogP contribution in [0.4, 0.5) is 0 Å². The summed E-state index contributed by atoms with van der Waals surface area (Å²) in [6.07, 6.45) is 21.0. The van der Waals surface area contributed by atoms with Gasteiger partial charge in [0.2, 0.25) is 0 Å². The van der Waals surface area contributed by atoms with E-state index in [1.165, 1.54) is 49.7 Å². The topological polar surface area (TPSA) is 114 Å². The van der Waals surface area contributed by atoms with Gasteiger partial charge in [0.05, 0.1) is 9.79 Å². The van der Waals surface area contributed by atoms with Crippen molar-refractivity contribution in [3.8, 4) is 0 Å². The standard InChI is InChI=1S/2C22H32O3S.Ba/c2*1-3-5-7-9-13-18-17-19(14-10-8-6-4-2)22(26(23,24)25)21-16-12-11-15-20(18)21;/h2*11-12,15-17H,3-10,13-14H2,1-2H3,(H,23,24,25);/q;;+2/p-2. The molecule has 0 heterocycles. The largest absolute Gasteiger partial charge is 2.00 e. The number of unbranched alkanes of at least 4 members (excludes halogenated alkanes) is 12. The molecule has 4 aromatic carbocycles. The molecule has 0 saturated carbocycles. The van der Waals surface area contributed by atoms with Crippen molar-refractivity contribution in [1.82, 2.24) is 0 Å². The van der Waals surface area contributed by atoms with Gasteiger partial charge in [0.25, 0.3) is 0 Å². The third-order valence-electron chi connectivity index (χ3n) is 10.0. The van der Waals surface area contributed by atoms with Gasteiger partial charge in [-0.2, -0.15) is 0 Å².